The fourth-order valence-electron chi connectivity index (χ4n) is 2.15. The predicted molar refractivity (Wildman–Crippen MR) is 89.3 cm³/mol. The smallest absolute Gasteiger partial charge is 0.335 e. The van der Waals surface area contributed by atoms with Crippen molar-refractivity contribution >= 4 is 21.7 Å². The highest BCUT2D eigenvalue weighted by molar-refractivity contribution is 7.92. The normalized spacial score (nSPS) is 10.8. The van der Waals surface area contributed by atoms with Gasteiger partial charge in [-0.3, -0.25) is 4.31 Å². The summed E-state index contributed by atoms with van der Waals surface area (Å²) in [6.07, 6.45) is 0.0420. The minimum Gasteiger partial charge on any atom is -0.478 e. The van der Waals surface area contributed by atoms with E-state index in [1.807, 2.05) is 13.0 Å². The van der Waals surface area contributed by atoms with Gasteiger partial charge in [0.25, 0.3) is 10.0 Å². The van der Waals surface area contributed by atoms with Crippen molar-refractivity contribution < 1.29 is 18.3 Å². The van der Waals surface area contributed by atoms with Crippen LogP contribution in [0.3, 0.4) is 0 Å². The van der Waals surface area contributed by atoms with Crippen molar-refractivity contribution in [2.45, 2.75) is 18.2 Å². The van der Waals surface area contributed by atoms with E-state index in [9.17, 15) is 13.2 Å². The maximum Gasteiger partial charge on any atom is 0.335 e. The summed E-state index contributed by atoms with van der Waals surface area (Å²) in [4.78, 5) is 10.9. The molecule has 0 fully saturated rings. The zero-order chi connectivity index (χ0) is 17.7. The second kappa shape index (κ2) is 7.15. The second-order valence-corrected chi connectivity index (χ2v) is 7.01. The van der Waals surface area contributed by atoms with Gasteiger partial charge in [0.05, 0.1) is 28.6 Å². The Hall–Kier alpha value is -2.85. The van der Waals surface area contributed by atoms with Gasteiger partial charge in [-0.25, -0.2) is 13.2 Å². The van der Waals surface area contributed by atoms with Crippen LogP contribution >= 0.6 is 0 Å². The lowest BCUT2D eigenvalue weighted by Gasteiger charge is -2.23. The Balaban J connectivity index is 2.45. The van der Waals surface area contributed by atoms with Crippen LogP contribution in [0.25, 0.3) is 0 Å². The largest absolute Gasteiger partial charge is 0.478 e. The third-order valence-electron chi connectivity index (χ3n) is 3.44. The molecule has 0 unspecified atom stereocenters. The van der Waals surface area contributed by atoms with E-state index >= 15 is 0 Å². The zero-order valence-corrected chi connectivity index (χ0v) is 13.8. The van der Waals surface area contributed by atoms with Gasteiger partial charge >= 0.3 is 5.97 Å². The van der Waals surface area contributed by atoms with Gasteiger partial charge in [-0.1, -0.05) is 17.7 Å². The molecule has 0 aliphatic carbocycles. The summed E-state index contributed by atoms with van der Waals surface area (Å²) in [5.41, 5.74) is 1.45. The molecule has 0 amide bonds. The van der Waals surface area contributed by atoms with E-state index in [1.54, 1.807) is 24.3 Å². The van der Waals surface area contributed by atoms with E-state index in [2.05, 4.69) is 0 Å². The van der Waals surface area contributed by atoms with Crippen LogP contribution in [0, 0.1) is 18.3 Å². The lowest BCUT2D eigenvalue weighted by atomic mass is 10.2. The van der Waals surface area contributed by atoms with E-state index in [0.717, 1.165) is 9.87 Å². The highest BCUT2D eigenvalue weighted by Gasteiger charge is 2.24. The Morgan fingerprint density at radius 1 is 1.12 bits per heavy atom. The highest BCUT2D eigenvalue weighted by Crippen LogP contribution is 2.24. The number of hydrogen-bond acceptors (Lipinski definition) is 4. The number of carboxylic acid groups (broad SMARTS) is 1. The number of aryl methyl sites for hydroxylation is 1. The summed E-state index contributed by atoms with van der Waals surface area (Å²) in [5, 5.41) is 17.7. The average Bonchev–Trinajstić information content (AvgIpc) is 2.56. The summed E-state index contributed by atoms with van der Waals surface area (Å²) in [5.74, 6) is -1.13. The topological polar surface area (TPSA) is 98.5 Å². The molecule has 24 heavy (non-hydrogen) atoms. The number of carboxylic acids is 1. The maximum atomic E-state index is 12.9. The van der Waals surface area contributed by atoms with Gasteiger partial charge in [0.15, 0.2) is 0 Å². The Morgan fingerprint density at radius 3 is 2.21 bits per heavy atom. The number of carbonyl (C=O) groups is 1. The van der Waals surface area contributed by atoms with Gasteiger partial charge in [0.2, 0.25) is 0 Å². The van der Waals surface area contributed by atoms with Crippen LogP contribution in [0.2, 0.25) is 0 Å². The lowest BCUT2D eigenvalue weighted by Crippen LogP contribution is -2.32. The van der Waals surface area contributed by atoms with Gasteiger partial charge in [-0.2, -0.15) is 5.26 Å². The molecule has 0 saturated carbocycles. The first-order valence-electron chi connectivity index (χ1n) is 7.16. The summed E-state index contributed by atoms with van der Waals surface area (Å²) in [6, 6.07) is 13.9. The summed E-state index contributed by atoms with van der Waals surface area (Å²) < 4.78 is 26.9. The molecule has 0 bridgehead atoms. The van der Waals surface area contributed by atoms with Gasteiger partial charge in [0.1, 0.15) is 0 Å². The minimum absolute atomic E-state index is 0.00728. The molecule has 0 radical (unpaired) electrons. The van der Waals surface area contributed by atoms with E-state index < -0.39 is 16.0 Å². The molecule has 2 aromatic rings. The maximum absolute atomic E-state index is 12.9. The Labute approximate surface area is 140 Å². The van der Waals surface area contributed by atoms with Gasteiger partial charge in [0, 0.05) is 6.54 Å². The van der Waals surface area contributed by atoms with E-state index in [4.69, 9.17) is 10.4 Å². The Kier molecular flexibility index (Phi) is 5.21. The summed E-state index contributed by atoms with van der Waals surface area (Å²) in [7, 11) is -3.89. The van der Waals surface area contributed by atoms with Gasteiger partial charge < -0.3 is 5.11 Å². The number of hydrogen-bond donors (Lipinski definition) is 1. The molecule has 1 N–H and O–H groups in total. The van der Waals surface area contributed by atoms with E-state index in [1.165, 1.54) is 24.3 Å². The van der Waals surface area contributed by atoms with Crippen molar-refractivity contribution in [2.24, 2.45) is 0 Å². The number of sulfonamides is 1. The van der Waals surface area contributed by atoms with Crippen LogP contribution in [-0.4, -0.2) is 26.0 Å². The van der Waals surface area contributed by atoms with Crippen LogP contribution in [-0.2, 0) is 10.0 Å². The molecule has 0 spiro atoms. The number of benzene rings is 2. The molecule has 0 aliphatic rings. The first-order chi connectivity index (χ1) is 11.4. The number of nitrogens with zero attached hydrogens (tertiary/aromatic N) is 2. The summed E-state index contributed by atoms with van der Waals surface area (Å²) >= 11 is 0. The number of aromatic carboxylic acids is 1. The Morgan fingerprint density at radius 2 is 1.71 bits per heavy atom. The van der Waals surface area contributed by atoms with Crippen LogP contribution in [0.15, 0.2) is 53.4 Å². The van der Waals surface area contributed by atoms with Crippen LogP contribution in [0.5, 0.6) is 0 Å². The first kappa shape index (κ1) is 17.5. The second-order valence-electron chi connectivity index (χ2n) is 5.15. The van der Waals surface area contributed by atoms with Gasteiger partial charge in [-0.05, 0) is 43.3 Å². The Bertz CT molecular complexity index is 866. The standard InChI is InChI=1S/C17H16N2O4S/c1-13-3-7-15(8-4-13)19(12-2-11-18)24(22,23)16-9-5-14(6-10-16)17(20)21/h3-10H,2,12H2,1H3,(H,20,21). The predicted octanol–water partition coefficient (Wildman–Crippen LogP) is 2.80. The summed E-state index contributed by atoms with van der Waals surface area (Å²) in [6.45, 7) is 1.91. The van der Waals surface area contributed by atoms with Crippen molar-refractivity contribution in [1.29, 1.82) is 5.26 Å². The molecule has 0 atom stereocenters. The molecule has 2 rings (SSSR count). The molecule has 124 valence electrons. The lowest BCUT2D eigenvalue weighted by molar-refractivity contribution is 0.0696. The van der Waals surface area contributed by atoms with Crippen LogP contribution in [0.4, 0.5) is 5.69 Å². The number of nitriles is 1. The van der Waals surface area contributed by atoms with Crippen molar-refractivity contribution in [1.82, 2.24) is 0 Å². The molecule has 0 aromatic heterocycles. The number of rotatable bonds is 6. The van der Waals surface area contributed by atoms with Crippen molar-refractivity contribution in [2.75, 3.05) is 10.8 Å². The molecule has 0 aliphatic heterocycles. The van der Waals surface area contributed by atoms with E-state index in [0.29, 0.717) is 5.69 Å². The molecule has 7 heteroatoms. The minimum atomic E-state index is -3.89. The number of anilines is 1. The van der Waals surface area contributed by atoms with Crippen molar-refractivity contribution in [3.8, 4) is 6.07 Å². The van der Waals surface area contributed by atoms with Gasteiger partial charge in [-0.15, -0.1) is 0 Å². The molecule has 6 nitrogen and oxygen atoms in total. The van der Waals surface area contributed by atoms with Crippen LogP contribution in [0.1, 0.15) is 22.3 Å². The molecular weight excluding hydrogens is 328 g/mol. The fourth-order valence-corrected chi connectivity index (χ4v) is 3.61. The molecule has 2 aromatic carbocycles. The molecule has 0 heterocycles. The zero-order valence-electron chi connectivity index (χ0n) is 13.0. The first-order valence-corrected chi connectivity index (χ1v) is 8.60. The third kappa shape index (κ3) is 3.73. The molecule has 0 saturated heterocycles. The van der Waals surface area contributed by atoms with Crippen LogP contribution < -0.4 is 4.31 Å². The SMILES string of the molecule is Cc1ccc(N(CCC#N)S(=O)(=O)c2ccc(C(=O)O)cc2)cc1. The van der Waals surface area contributed by atoms with E-state index in [-0.39, 0.29) is 23.4 Å². The average molecular weight is 344 g/mol. The third-order valence-corrected chi connectivity index (χ3v) is 5.28. The van der Waals surface area contributed by atoms with Crippen molar-refractivity contribution in [3.05, 3.63) is 59.7 Å². The monoisotopic (exact) mass is 344 g/mol. The quantitative estimate of drug-likeness (QED) is 0.869. The fraction of sp³-hybridized carbons (Fsp3) is 0.176. The van der Waals surface area contributed by atoms with Crippen molar-refractivity contribution in [3.63, 3.8) is 0 Å². The molecular formula is C17H16N2O4S. The highest BCUT2D eigenvalue weighted by atomic mass is 32.2.